The van der Waals surface area contributed by atoms with Crippen LogP contribution in [0.3, 0.4) is 0 Å². The molecule has 1 N–H and O–H groups in total. The van der Waals surface area contributed by atoms with Gasteiger partial charge in [-0.3, -0.25) is 4.79 Å². The molecule has 0 amide bonds. The molecule has 0 aromatic heterocycles. The Bertz CT molecular complexity index is 387. The van der Waals surface area contributed by atoms with E-state index in [1.807, 2.05) is 0 Å². The largest absolute Gasteiger partial charge is 1.00 e. The Kier molecular flexibility index (Phi) is 7.18. The number of carboxylic acid groups (broad SMARTS) is 1. The summed E-state index contributed by atoms with van der Waals surface area (Å²) in [4.78, 5) is 22.2. The normalized spacial score (nSPS) is 10.3. The number of carbonyl (C=O) groups is 2. The molecule has 0 radical (unpaired) electrons. The number of benzene rings is 1. The number of hydrogen-bond acceptors (Lipinski definition) is 2. The van der Waals surface area contributed by atoms with Crippen molar-refractivity contribution in [1.82, 2.24) is 0 Å². The number of ketones is 1. The second-order valence-electron chi connectivity index (χ2n) is 2.70. The Morgan fingerprint density at radius 2 is 1.80 bits per heavy atom. The Hall–Kier alpha value is -0.0948. The first-order valence-corrected chi connectivity index (χ1v) is 4.16. The van der Waals surface area contributed by atoms with Crippen LogP contribution in [-0.2, 0) is 4.79 Å². The summed E-state index contributed by atoms with van der Waals surface area (Å²) in [6.45, 7) is 1.53. The Morgan fingerprint density at radius 1 is 1.27 bits per heavy atom. The van der Waals surface area contributed by atoms with Crippen molar-refractivity contribution in [2.75, 3.05) is 0 Å². The van der Waals surface area contributed by atoms with Crippen LogP contribution in [0.1, 0.15) is 18.7 Å². The molecule has 0 spiro atoms. The summed E-state index contributed by atoms with van der Waals surface area (Å²) in [6, 6.07) is 8.35. The maximum atomic E-state index is 11.6. The zero-order valence-electron chi connectivity index (χ0n) is 9.73. The third kappa shape index (κ3) is 4.11. The number of aliphatic carboxylic acids is 1. The van der Waals surface area contributed by atoms with Gasteiger partial charge in [0.25, 0.3) is 0 Å². The molecule has 0 heterocycles. The van der Waals surface area contributed by atoms with Gasteiger partial charge in [-0.1, -0.05) is 36.4 Å². The molecular weight excluding hydrogens is 266 g/mol. The third-order valence-electron chi connectivity index (χ3n) is 1.80. The summed E-state index contributed by atoms with van der Waals surface area (Å²) in [7, 11) is 0. The number of hydrogen-bond donors (Lipinski definition) is 1. The van der Waals surface area contributed by atoms with E-state index in [9.17, 15) is 9.59 Å². The number of carbonyl (C=O) groups excluding carboxylic acids is 1. The van der Waals surface area contributed by atoms with Gasteiger partial charge in [0, 0.05) is 5.56 Å². The summed E-state index contributed by atoms with van der Waals surface area (Å²) in [5.74, 6) is -1.65. The number of allylic oxidation sites excluding steroid dienone is 1. The average molecular weight is 277 g/mol. The zero-order valence-corrected chi connectivity index (χ0v) is 13.6. The van der Waals surface area contributed by atoms with Gasteiger partial charge in [0.2, 0.25) is 0 Å². The van der Waals surface area contributed by atoms with E-state index >= 15 is 0 Å². The molecule has 3 nitrogen and oxygen atoms in total. The quantitative estimate of drug-likeness (QED) is 0.334. The van der Waals surface area contributed by atoms with E-state index < -0.39 is 11.8 Å². The smallest absolute Gasteiger partial charge is 1.00 e. The van der Waals surface area contributed by atoms with Gasteiger partial charge in [-0.25, -0.2) is 4.79 Å². The second kappa shape index (κ2) is 7.22. The summed E-state index contributed by atoms with van der Waals surface area (Å²) >= 11 is 0. The molecular formula is C11H11O3Rb. The van der Waals surface area contributed by atoms with Crippen LogP contribution >= 0.6 is 0 Å². The predicted molar refractivity (Wildman–Crippen MR) is 53.3 cm³/mol. The van der Waals surface area contributed by atoms with Gasteiger partial charge in [0.15, 0.2) is 5.78 Å². The molecule has 0 fully saturated rings. The molecule has 1 rings (SSSR count). The molecule has 15 heavy (non-hydrogen) atoms. The fraction of sp³-hybridized carbons (Fsp3) is 0.0909. The first-order chi connectivity index (χ1) is 6.66. The molecule has 0 saturated heterocycles. The van der Waals surface area contributed by atoms with Gasteiger partial charge < -0.3 is 6.53 Å². The van der Waals surface area contributed by atoms with Gasteiger partial charge in [-0.05, 0) is 6.92 Å². The SMILES string of the molecule is CC=C(C(=O)O)C(=O)c1ccccc1.[H-].[Rb+]. The van der Waals surface area contributed by atoms with Gasteiger partial charge in [-0.2, -0.15) is 0 Å². The first kappa shape index (κ1) is 14.9. The minimum Gasteiger partial charge on any atom is -1.00 e. The maximum Gasteiger partial charge on any atom is 1.00 e. The van der Waals surface area contributed by atoms with Gasteiger partial charge in [0.05, 0.1) is 0 Å². The van der Waals surface area contributed by atoms with Crippen LogP contribution < -0.4 is 58.2 Å². The molecule has 1 aromatic carbocycles. The third-order valence-corrected chi connectivity index (χ3v) is 1.80. The van der Waals surface area contributed by atoms with Crippen molar-refractivity contribution >= 4 is 11.8 Å². The molecule has 0 unspecified atom stereocenters. The molecule has 74 valence electrons. The van der Waals surface area contributed by atoms with Crippen LogP contribution in [0, 0.1) is 0 Å². The molecule has 0 aliphatic heterocycles. The van der Waals surface area contributed by atoms with Crippen molar-refractivity contribution in [3.8, 4) is 0 Å². The van der Waals surface area contributed by atoms with Crippen LogP contribution in [0.15, 0.2) is 42.0 Å². The van der Waals surface area contributed by atoms with E-state index in [2.05, 4.69) is 0 Å². The fourth-order valence-electron chi connectivity index (χ4n) is 1.10. The zero-order chi connectivity index (χ0) is 10.6. The monoisotopic (exact) mass is 276 g/mol. The minimum absolute atomic E-state index is 0. The molecule has 0 saturated carbocycles. The van der Waals surface area contributed by atoms with Crippen LogP contribution in [0.5, 0.6) is 0 Å². The fourth-order valence-corrected chi connectivity index (χ4v) is 1.10. The molecule has 4 heteroatoms. The first-order valence-electron chi connectivity index (χ1n) is 4.16. The average Bonchev–Trinajstić information content (AvgIpc) is 2.19. The summed E-state index contributed by atoms with van der Waals surface area (Å²) < 4.78 is 0. The van der Waals surface area contributed by atoms with E-state index in [1.165, 1.54) is 13.0 Å². The standard InChI is InChI=1S/C11H10O3.Rb.H/c1-2-9(11(13)14)10(12)8-6-4-3-5-7-8;;/h2-7H,1H3,(H,13,14);;/q;+1;-1. The van der Waals surface area contributed by atoms with Crippen molar-refractivity contribution in [2.45, 2.75) is 6.92 Å². The van der Waals surface area contributed by atoms with Crippen molar-refractivity contribution < 1.29 is 74.3 Å². The van der Waals surface area contributed by atoms with Crippen LogP contribution in [0.4, 0.5) is 0 Å². The predicted octanol–water partition coefficient (Wildman–Crippen LogP) is -0.983. The van der Waals surface area contributed by atoms with Crippen LogP contribution in [0.25, 0.3) is 0 Å². The second-order valence-corrected chi connectivity index (χ2v) is 2.70. The van der Waals surface area contributed by atoms with E-state index in [0.29, 0.717) is 5.56 Å². The molecule has 0 atom stereocenters. The molecule has 1 aromatic rings. The van der Waals surface area contributed by atoms with E-state index in [0.717, 1.165) is 0 Å². The Morgan fingerprint density at radius 3 is 2.20 bits per heavy atom. The van der Waals surface area contributed by atoms with E-state index in [1.54, 1.807) is 30.3 Å². The molecule has 0 aliphatic rings. The van der Waals surface area contributed by atoms with Crippen LogP contribution in [0.2, 0.25) is 0 Å². The number of rotatable bonds is 3. The summed E-state index contributed by atoms with van der Waals surface area (Å²) in [5.41, 5.74) is 0.194. The van der Waals surface area contributed by atoms with Crippen LogP contribution in [-0.4, -0.2) is 16.9 Å². The topological polar surface area (TPSA) is 54.4 Å². The minimum atomic E-state index is -1.19. The molecule has 0 bridgehead atoms. The van der Waals surface area contributed by atoms with Crippen molar-refractivity contribution in [3.05, 3.63) is 47.5 Å². The molecule has 0 aliphatic carbocycles. The van der Waals surface area contributed by atoms with Gasteiger partial charge >= 0.3 is 64.2 Å². The van der Waals surface area contributed by atoms with E-state index in [-0.39, 0.29) is 65.2 Å². The summed E-state index contributed by atoms with van der Waals surface area (Å²) in [5, 5.41) is 8.72. The van der Waals surface area contributed by atoms with Gasteiger partial charge in [-0.15, -0.1) is 0 Å². The van der Waals surface area contributed by atoms with Gasteiger partial charge in [0.1, 0.15) is 5.57 Å². The Balaban J connectivity index is 0. The maximum absolute atomic E-state index is 11.6. The van der Waals surface area contributed by atoms with Crippen molar-refractivity contribution in [2.24, 2.45) is 0 Å². The Labute approximate surface area is 138 Å². The summed E-state index contributed by atoms with van der Waals surface area (Å²) in [6.07, 6.45) is 1.30. The van der Waals surface area contributed by atoms with Crippen molar-refractivity contribution in [3.63, 3.8) is 0 Å². The number of carboxylic acids is 1. The van der Waals surface area contributed by atoms with Crippen molar-refractivity contribution in [1.29, 1.82) is 0 Å². The van der Waals surface area contributed by atoms with E-state index in [4.69, 9.17) is 5.11 Å². The number of Topliss-reactive ketones (excluding diaryl/α,β-unsaturated/α-hetero) is 1.